The molecule has 0 radical (unpaired) electrons. The molecule has 0 aromatic rings. The molecule has 0 aromatic heterocycles. The van der Waals surface area contributed by atoms with Crippen LogP contribution in [-0.4, -0.2) is 32.7 Å². The molecule has 0 spiro atoms. The molecule has 0 saturated heterocycles. The van der Waals surface area contributed by atoms with E-state index in [1.807, 2.05) is 11.8 Å². The number of hydrogen-bond donors (Lipinski definition) is 0. The summed E-state index contributed by atoms with van der Waals surface area (Å²) in [7, 11) is 0. The summed E-state index contributed by atoms with van der Waals surface area (Å²) < 4.78 is 0. The molecule has 6 atom stereocenters. The first-order chi connectivity index (χ1) is 9.69. The van der Waals surface area contributed by atoms with E-state index >= 15 is 0 Å². The van der Waals surface area contributed by atoms with Crippen LogP contribution >= 0.6 is 23.5 Å². The quantitative estimate of drug-likeness (QED) is 0.717. The van der Waals surface area contributed by atoms with E-state index in [1.165, 1.54) is 48.6 Å². The fraction of sp³-hybridized carbons (Fsp3) is 0.875. The minimum Gasteiger partial charge on any atom is -0.279 e. The van der Waals surface area contributed by atoms with Gasteiger partial charge in [0.05, 0.1) is 22.2 Å². The lowest BCUT2D eigenvalue weighted by Gasteiger charge is -2.39. The molecule has 2 nitrogen and oxygen atoms in total. The van der Waals surface area contributed by atoms with Crippen LogP contribution in [0.3, 0.4) is 0 Å². The van der Waals surface area contributed by atoms with E-state index in [4.69, 9.17) is 9.98 Å². The van der Waals surface area contributed by atoms with Gasteiger partial charge in [-0.15, -0.1) is 23.5 Å². The summed E-state index contributed by atoms with van der Waals surface area (Å²) in [6.07, 6.45) is 8.37. The molecule has 2 fully saturated rings. The number of hydrogen-bond acceptors (Lipinski definition) is 4. The maximum atomic E-state index is 4.89. The number of thioether (sulfide) groups is 2. The van der Waals surface area contributed by atoms with Gasteiger partial charge in [-0.25, -0.2) is 0 Å². The standard InChI is InChI=1S/C16H24N2S2/c1-9-17-13-5-3-12(8-16(13)20-9)11-4-6-15-14(7-11)18-10(2)19-15/h11-16H,3-8H2,1-2H3. The Hall–Kier alpha value is 0.0400. The van der Waals surface area contributed by atoms with E-state index in [0.717, 1.165) is 22.3 Å². The Labute approximate surface area is 130 Å². The lowest BCUT2D eigenvalue weighted by Crippen LogP contribution is -2.36. The molecule has 2 heterocycles. The molecule has 2 aliphatic heterocycles. The van der Waals surface area contributed by atoms with Crippen LogP contribution < -0.4 is 0 Å². The average Bonchev–Trinajstić information content (AvgIpc) is 2.97. The van der Waals surface area contributed by atoms with Crippen LogP contribution in [0, 0.1) is 11.8 Å². The Morgan fingerprint density at radius 2 is 1.40 bits per heavy atom. The molecular formula is C16H24N2S2. The van der Waals surface area contributed by atoms with Gasteiger partial charge in [0.15, 0.2) is 0 Å². The summed E-state index contributed by atoms with van der Waals surface area (Å²) >= 11 is 4.10. The minimum absolute atomic E-state index is 0.644. The van der Waals surface area contributed by atoms with Crippen molar-refractivity contribution >= 4 is 33.6 Å². The summed E-state index contributed by atoms with van der Waals surface area (Å²) in [5.74, 6) is 1.89. The fourth-order valence-electron chi connectivity index (χ4n) is 4.66. The van der Waals surface area contributed by atoms with E-state index < -0.39 is 0 Å². The maximum absolute atomic E-state index is 4.89. The highest BCUT2D eigenvalue weighted by Crippen LogP contribution is 2.47. The Balaban J connectivity index is 1.40. The normalized spacial score (nSPS) is 47.5. The summed E-state index contributed by atoms with van der Waals surface area (Å²) in [6.45, 7) is 4.38. The van der Waals surface area contributed by atoms with E-state index in [-0.39, 0.29) is 0 Å². The second-order valence-corrected chi connectivity index (χ2v) is 9.75. The summed E-state index contributed by atoms with van der Waals surface area (Å²) in [5.41, 5.74) is 0. The molecule has 4 aliphatic rings. The van der Waals surface area contributed by atoms with E-state index in [0.29, 0.717) is 12.1 Å². The van der Waals surface area contributed by atoms with Gasteiger partial charge < -0.3 is 0 Å². The molecule has 110 valence electrons. The highest BCUT2D eigenvalue weighted by molar-refractivity contribution is 8.15. The Kier molecular flexibility index (Phi) is 3.66. The smallest absolute Gasteiger partial charge is 0.0652 e. The van der Waals surface area contributed by atoms with E-state index in [2.05, 4.69) is 25.6 Å². The van der Waals surface area contributed by atoms with Crippen molar-refractivity contribution < 1.29 is 0 Å². The topological polar surface area (TPSA) is 24.7 Å². The Morgan fingerprint density at radius 1 is 0.750 bits per heavy atom. The van der Waals surface area contributed by atoms with Crippen molar-refractivity contribution in [2.24, 2.45) is 21.8 Å². The molecule has 0 amide bonds. The van der Waals surface area contributed by atoms with Gasteiger partial charge in [0.25, 0.3) is 0 Å². The van der Waals surface area contributed by atoms with Gasteiger partial charge in [0, 0.05) is 10.5 Å². The second kappa shape index (κ2) is 5.35. The lowest BCUT2D eigenvalue weighted by atomic mass is 9.71. The van der Waals surface area contributed by atoms with Crippen molar-refractivity contribution in [3.05, 3.63) is 0 Å². The molecular weight excluding hydrogens is 284 g/mol. The van der Waals surface area contributed by atoms with Crippen LogP contribution in [0.5, 0.6) is 0 Å². The van der Waals surface area contributed by atoms with Crippen LogP contribution in [0.2, 0.25) is 0 Å². The third kappa shape index (κ3) is 2.47. The number of rotatable bonds is 1. The van der Waals surface area contributed by atoms with Crippen LogP contribution in [0.1, 0.15) is 52.4 Å². The molecule has 20 heavy (non-hydrogen) atoms. The van der Waals surface area contributed by atoms with Crippen molar-refractivity contribution in [1.29, 1.82) is 0 Å². The van der Waals surface area contributed by atoms with Crippen LogP contribution in [0.4, 0.5) is 0 Å². The highest BCUT2D eigenvalue weighted by atomic mass is 32.2. The van der Waals surface area contributed by atoms with Crippen LogP contribution in [0.25, 0.3) is 0 Å². The average molecular weight is 309 g/mol. The summed E-state index contributed by atoms with van der Waals surface area (Å²) in [6, 6.07) is 1.29. The van der Waals surface area contributed by atoms with Crippen LogP contribution in [-0.2, 0) is 0 Å². The van der Waals surface area contributed by atoms with Crippen LogP contribution in [0.15, 0.2) is 9.98 Å². The van der Waals surface area contributed by atoms with Gasteiger partial charge in [-0.3, -0.25) is 9.98 Å². The van der Waals surface area contributed by atoms with Crippen molar-refractivity contribution in [3.63, 3.8) is 0 Å². The summed E-state index contributed by atoms with van der Waals surface area (Å²) in [4.78, 5) is 9.69. The van der Waals surface area contributed by atoms with Gasteiger partial charge in [0.1, 0.15) is 0 Å². The van der Waals surface area contributed by atoms with Gasteiger partial charge in [-0.05, 0) is 64.2 Å². The number of fused-ring (bicyclic) bond motifs is 2. The molecule has 2 saturated carbocycles. The second-order valence-electron chi connectivity index (χ2n) is 6.89. The zero-order valence-electron chi connectivity index (χ0n) is 12.4. The van der Waals surface area contributed by atoms with Gasteiger partial charge >= 0.3 is 0 Å². The Bertz CT molecular complexity index is 459. The lowest BCUT2D eigenvalue weighted by molar-refractivity contribution is 0.184. The largest absolute Gasteiger partial charge is 0.279 e. The SMILES string of the molecule is CC1=NC2CC(C3CCC4N=C(C)SC4C3)CCC2S1. The third-order valence-electron chi connectivity index (χ3n) is 5.60. The van der Waals surface area contributed by atoms with Crippen molar-refractivity contribution in [3.8, 4) is 0 Å². The first-order valence-corrected chi connectivity index (χ1v) is 9.87. The molecule has 6 unspecified atom stereocenters. The van der Waals surface area contributed by atoms with Crippen molar-refractivity contribution in [1.82, 2.24) is 0 Å². The minimum atomic E-state index is 0.644. The predicted octanol–water partition coefficient (Wildman–Crippen LogP) is 4.39. The molecule has 2 aliphatic carbocycles. The molecule has 0 bridgehead atoms. The first-order valence-electron chi connectivity index (χ1n) is 8.11. The zero-order valence-corrected chi connectivity index (χ0v) is 14.1. The number of nitrogens with zero attached hydrogens (tertiary/aromatic N) is 2. The van der Waals surface area contributed by atoms with E-state index in [9.17, 15) is 0 Å². The van der Waals surface area contributed by atoms with E-state index in [1.54, 1.807) is 0 Å². The monoisotopic (exact) mass is 308 g/mol. The van der Waals surface area contributed by atoms with Gasteiger partial charge in [-0.1, -0.05) is 0 Å². The van der Waals surface area contributed by atoms with Crippen molar-refractivity contribution in [2.45, 2.75) is 75.0 Å². The number of aliphatic imine (C=N–C) groups is 2. The molecule has 4 rings (SSSR count). The molecule has 0 N–H and O–H groups in total. The highest BCUT2D eigenvalue weighted by Gasteiger charge is 2.42. The zero-order chi connectivity index (χ0) is 13.7. The summed E-state index contributed by atoms with van der Waals surface area (Å²) in [5, 5.41) is 4.28. The maximum Gasteiger partial charge on any atom is 0.0652 e. The van der Waals surface area contributed by atoms with Gasteiger partial charge in [-0.2, -0.15) is 0 Å². The molecule has 4 heteroatoms. The predicted molar refractivity (Wildman–Crippen MR) is 91.2 cm³/mol. The molecule has 0 aromatic carbocycles. The third-order valence-corrected chi connectivity index (χ3v) is 8.15. The Morgan fingerprint density at radius 3 is 2.25 bits per heavy atom. The van der Waals surface area contributed by atoms with Gasteiger partial charge in [0.2, 0.25) is 0 Å². The van der Waals surface area contributed by atoms with Crippen molar-refractivity contribution in [2.75, 3.05) is 0 Å². The fourth-order valence-corrected chi connectivity index (χ4v) is 7.21. The first kappa shape index (κ1) is 13.7.